The molecule has 6 heteroatoms. The quantitative estimate of drug-likeness (QED) is 0.845. The van der Waals surface area contributed by atoms with Crippen molar-refractivity contribution in [1.82, 2.24) is 10.6 Å². The van der Waals surface area contributed by atoms with Gasteiger partial charge in [-0.2, -0.15) is 0 Å². The van der Waals surface area contributed by atoms with E-state index in [1.165, 1.54) is 0 Å². The fourth-order valence-electron chi connectivity index (χ4n) is 3.04. The largest absolute Gasteiger partial charge is 0.348 e. The summed E-state index contributed by atoms with van der Waals surface area (Å²) < 4.78 is 25.0. The first kappa shape index (κ1) is 18.6. The molecular formula is C20H24N2O3S. The van der Waals surface area contributed by atoms with Crippen molar-refractivity contribution in [3.63, 3.8) is 0 Å². The fraction of sp³-hybridized carbons (Fsp3) is 0.350. The fourth-order valence-corrected chi connectivity index (χ4v) is 4.39. The van der Waals surface area contributed by atoms with Crippen LogP contribution in [0.15, 0.2) is 53.4 Å². The zero-order chi connectivity index (χ0) is 18.6. The van der Waals surface area contributed by atoms with Gasteiger partial charge >= 0.3 is 0 Å². The highest BCUT2D eigenvalue weighted by molar-refractivity contribution is 7.90. The second-order valence-electron chi connectivity index (χ2n) is 6.79. The van der Waals surface area contributed by atoms with E-state index in [9.17, 15) is 13.2 Å². The van der Waals surface area contributed by atoms with Gasteiger partial charge in [-0.3, -0.25) is 4.79 Å². The van der Waals surface area contributed by atoms with E-state index in [4.69, 9.17) is 0 Å². The standard InChI is InChI=1S/C20H24N2O3S/c1-15-4-10-19(11-5-15)26(24,25)14-16-6-8-17(9-7-16)20(23)22-18-3-2-12-21-13-18/h4-11,18,21H,2-3,12-14H2,1H3,(H,22,23)/t18-/m0/s1. The van der Waals surface area contributed by atoms with Crippen molar-refractivity contribution >= 4 is 15.7 Å². The second-order valence-corrected chi connectivity index (χ2v) is 8.78. The van der Waals surface area contributed by atoms with Crippen LogP contribution in [0.4, 0.5) is 0 Å². The Morgan fingerprint density at radius 2 is 1.81 bits per heavy atom. The molecule has 1 heterocycles. The molecule has 1 aliphatic heterocycles. The number of nitrogens with one attached hydrogen (secondary N) is 2. The number of carbonyl (C=O) groups excluding carboxylic acids is 1. The maximum atomic E-state index is 12.5. The molecule has 2 aromatic rings. The predicted octanol–water partition coefficient (Wildman–Crippen LogP) is 2.45. The zero-order valence-electron chi connectivity index (χ0n) is 14.9. The molecule has 0 unspecified atom stereocenters. The van der Waals surface area contributed by atoms with Crippen LogP contribution >= 0.6 is 0 Å². The molecule has 1 amide bonds. The Morgan fingerprint density at radius 3 is 2.42 bits per heavy atom. The van der Waals surface area contributed by atoms with E-state index in [1.54, 1.807) is 48.5 Å². The third-order valence-electron chi connectivity index (χ3n) is 4.59. The molecule has 0 spiro atoms. The smallest absolute Gasteiger partial charge is 0.251 e. The van der Waals surface area contributed by atoms with E-state index in [0.717, 1.165) is 31.5 Å². The molecule has 1 fully saturated rings. The number of rotatable bonds is 5. The van der Waals surface area contributed by atoms with E-state index in [1.807, 2.05) is 6.92 Å². The maximum Gasteiger partial charge on any atom is 0.251 e. The molecule has 1 saturated heterocycles. The molecule has 138 valence electrons. The first-order valence-corrected chi connectivity index (χ1v) is 10.5. The summed E-state index contributed by atoms with van der Waals surface area (Å²) in [5, 5.41) is 6.28. The first-order valence-electron chi connectivity index (χ1n) is 8.84. The lowest BCUT2D eigenvalue weighted by atomic mass is 10.1. The summed E-state index contributed by atoms with van der Waals surface area (Å²) >= 11 is 0. The Morgan fingerprint density at radius 1 is 1.12 bits per heavy atom. The van der Waals surface area contributed by atoms with Crippen molar-refractivity contribution in [2.75, 3.05) is 13.1 Å². The van der Waals surface area contributed by atoms with Crippen LogP contribution in [0.2, 0.25) is 0 Å². The van der Waals surface area contributed by atoms with Crippen LogP contribution in [0, 0.1) is 6.92 Å². The Labute approximate surface area is 154 Å². The van der Waals surface area contributed by atoms with Gasteiger partial charge in [0.1, 0.15) is 0 Å². The van der Waals surface area contributed by atoms with E-state index in [-0.39, 0.29) is 17.7 Å². The van der Waals surface area contributed by atoms with Gasteiger partial charge in [0.25, 0.3) is 5.91 Å². The highest BCUT2D eigenvalue weighted by Crippen LogP contribution is 2.17. The summed E-state index contributed by atoms with van der Waals surface area (Å²) in [6, 6.07) is 13.8. The number of amides is 1. The third-order valence-corrected chi connectivity index (χ3v) is 6.29. The number of carbonyl (C=O) groups is 1. The number of aryl methyl sites for hydroxylation is 1. The topological polar surface area (TPSA) is 75.3 Å². The number of hydrogen-bond acceptors (Lipinski definition) is 4. The predicted molar refractivity (Wildman–Crippen MR) is 102 cm³/mol. The molecule has 0 radical (unpaired) electrons. The van der Waals surface area contributed by atoms with Crippen molar-refractivity contribution in [3.8, 4) is 0 Å². The molecule has 1 atom stereocenters. The molecule has 2 aromatic carbocycles. The summed E-state index contributed by atoms with van der Waals surface area (Å²) in [5.41, 5.74) is 2.24. The molecule has 0 saturated carbocycles. The van der Waals surface area contributed by atoms with Crippen LogP contribution < -0.4 is 10.6 Å². The highest BCUT2D eigenvalue weighted by atomic mass is 32.2. The van der Waals surface area contributed by atoms with Gasteiger partial charge in [0, 0.05) is 18.2 Å². The number of hydrogen-bond donors (Lipinski definition) is 2. The third kappa shape index (κ3) is 4.71. The molecule has 2 N–H and O–H groups in total. The summed E-state index contributed by atoms with van der Waals surface area (Å²) in [7, 11) is -3.39. The average Bonchev–Trinajstić information content (AvgIpc) is 2.63. The molecule has 5 nitrogen and oxygen atoms in total. The van der Waals surface area contributed by atoms with E-state index in [2.05, 4.69) is 10.6 Å². The van der Waals surface area contributed by atoms with Gasteiger partial charge in [-0.1, -0.05) is 29.8 Å². The number of sulfone groups is 1. The van der Waals surface area contributed by atoms with E-state index in [0.29, 0.717) is 16.0 Å². The molecule has 3 rings (SSSR count). The maximum absolute atomic E-state index is 12.5. The van der Waals surface area contributed by atoms with E-state index < -0.39 is 9.84 Å². The minimum atomic E-state index is -3.39. The van der Waals surface area contributed by atoms with Gasteiger partial charge < -0.3 is 10.6 Å². The number of benzene rings is 2. The molecule has 0 aliphatic carbocycles. The van der Waals surface area contributed by atoms with Gasteiger partial charge in [0.2, 0.25) is 0 Å². The van der Waals surface area contributed by atoms with Crippen LogP contribution in [0.3, 0.4) is 0 Å². The Balaban J connectivity index is 1.65. The van der Waals surface area contributed by atoms with Crippen LogP contribution in [0.5, 0.6) is 0 Å². The second kappa shape index (κ2) is 8.01. The number of piperidine rings is 1. The average molecular weight is 372 g/mol. The van der Waals surface area contributed by atoms with Gasteiger partial charge in [-0.25, -0.2) is 8.42 Å². The van der Waals surface area contributed by atoms with Crippen molar-refractivity contribution in [3.05, 3.63) is 65.2 Å². The molecule has 1 aliphatic rings. The van der Waals surface area contributed by atoms with Gasteiger partial charge in [0.15, 0.2) is 9.84 Å². The van der Waals surface area contributed by atoms with Crippen molar-refractivity contribution in [1.29, 1.82) is 0 Å². The monoisotopic (exact) mass is 372 g/mol. The zero-order valence-corrected chi connectivity index (χ0v) is 15.7. The van der Waals surface area contributed by atoms with Gasteiger partial charge in [-0.15, -0.1) is 0 Å². The summed E-state index contributed by atoms with van der Waals surface area (Å²) in [5.74, 6) is -0.198. The Kier molecular flexibility index (Phi) is 5.74. The molecular weight excluding hydrogens is 348 g/mol. The van der Waals surface area contributed by atoms with Crippen LogP contribution in [-0.4, -0.2) is 33.5 Å². The van der Waals surface area contributed by atoms with Crippen LogP contribution in [0.1, 0.15) is 34.3 Å². The Bertz CT molecular complexity index is 853. The lowest BCUT2D eigenvalue weighted by Crippen LogP contribution is -2.45. The Hall–Kier alpha value is -2.18. The van der Waals surface area contributed by atoms with Gasteiger partial charge in [0.05, 0.1) is 10.6 Å². The first-order chi connectivity index (χ1) is 12.4. The van der Waals surface area contributed by atoms with E-state index >= 15 is 0 Å². The normalized spacial score (nSPS) is 17.7. The van der Waals surface area contributed by atoms with Crippen LogP contribution in [-0.2, 0) is 15.6 Å². The molecule has 0 aromatic heterocycles. The minimum Gasteiger partial charge on any atom is -0.348 e. The lowest BCUT2D eigenvalue weighted by molar-refractivity contribution is 0.0930. The van der Waals surface area contributed by atoms with Crippen molar-refractivity contribution in [2.45, 2.75) is 36.5 Å². The van der Waals surface area contributed by atoms with Crippen molar-refractivity contribution in [2.24, 2.45) is 0 Å². The SMILES string of the molecule is Cc1ccc(S(=O)(=O)Cc2ccc(C(=O)N[C@H]3CCCNC3)cc2)cc1. The molecule has 26 heavy (non-hydrogen) atoms. The lowest BCUT2D eigenvalue weighted by Gasteiger charge is -2.23. The summed E-state index contributed by atoms with van der Waals surface area (Å²) in [6.45, 7) is 3.71. The summed E-state index contributed by atoms with van der Waals surface area (Å²) in [6.07, 6.45) is 2.03. The highest BCUT2D eigenvalue weighted by Gasteiger charge is 2.18. The van der Waals surface area contributed by atoms with Gasteiger partial charge in [-0.05, 0) is 56.1 Å². The van der Waals surface area contributed by atoms with Crippen molar-refractivity contribution < 1.29 is 13.2 Å². The summed E-state index contributed by atoms with van der Waals surface area (Å²) in [4.78, 5) is 12.6. The van der Waals surface area contributed by atoms with Crippen LogP contribution in [0.25, 0.3) is 0 Å². The minimum absolute atomic E-state index is 0.0789. The molecule has 0 bridgehead atoms.